The van der Waals surface area contributed by atoms with Crippen LogP contribution in [0.25, 0.3) is 11.6 Å². The topological polar surface area (TPSA) is 52.7 Å². The molecular weight excluding hydrogens is 418 g/mol. The molecule has 0 spiro atoms. The molecule has 2 aromatic rings. The SMILES string of the molecule is CCc1ccccc1N1C(=O)/C(=C/c2ccc3c(c2)C(C)=CC(C)(C)N3C)C(=O)NC1=S. The highest BCUT2D eigenvalue weighted by atomic mass is 32.1. The Morgan fingerprint density at radius 3 is 2.53 bits per heavy atom. The summed E-state index contributed by atoms with van der Waals surface area (Å²) in [7, 11) is 2.07. The lowest BCUT2D eigenvalue weighted by Gasteiger charge is -2.40. The maximum Gasteiger partial charge on any atom is 0.270 e. The van der Waals surface area contributed by atoms with Crippen LogP contribution >= 0.6 is 12.2 Å². The summed E-state index contributed by atoms with van der Waals surface area (Å²) in [6.07, 6.45) is 4.62. The van der Waals surface area contributed by atoms with Crippen LogP contribution in [0.2, 0.25) is 0 Å². The maximum absolute atomic E-state index is 13.4. The fraction of sp³-hybridized carbons (Fsp3) is 0.269. The van der Waals surface area contributed by atoms with E-state index in [0.29, 0.717) is 5.69 Å². The van der Waals surface area contributed by atoms with E-state index in [1.807, 2.05) is 49.4 Å². The van der Waals surface area contributed by atoms with E-state index >= 15 is 0 Å². The standard InChI is InChI=1S/C26H27N3O2S/c1-6-18-9-7-8-10-21(18)29-24(31)20(23(30)27-25(29)32)14-17-11-12-22-19(13-17)16(2)15-26(3,4)28(22)5/h7-15H,6H2,1-5H3,(H,27,30,32)/b20-14+. The predicted molar refractivity (Wildman–Crippen MR) is 135 cm³/mol. The van der Waals surface area contributed by atoms with Crippen molar-refractivity contribution < 1.29 is 9.59 Å². The zero-order valence-electron chi connectivity index (χ0n) is 19.0. The summed E-state index contributed by atoms with van der Waals surface area (Å²) in [5.41, 5.74) is 5.84. The molecule has 0 saturated carbocycles. The van der Waals surface area contributed by atoms with Crippen molar-refractivity contribution >= 4 is 52.2 Å². The molecule has 0 bridgehead atoms. The number of para-hydroxylation sites is 1. The van der Waals surface area contributed by atoms with Crippen molar-refractivity contribution in [1.29, 1.82) is 0 Å². The normalized spacial score (nSPS) is 19.1. The van der Waals surface area contributed by atoms with Crippen LogP contribution in [0.4, 0.5) is 11.4 Å². The van der Waals surface area contributed by atoms with Gasteiger partial charge in [0.25, 0.3) is 11.8 Å². The molecule has 2 aromatic carbocycles. The van der Waals surface area contributed by atoms with Gasteiger partial charge in [-0.25, -0.2) is 0 Å². The van der Waals surface area contributed by atoms with E-state index in [1.54, 1.807) is 6.08 Å². The first-order valence-corrected chi connectivity index (χ1v) is 11.1. The van der Waals surface area contributed by atoms with Gasteiger partial charge in [0.1, 0.15) is 5.57 Å². The number of fused-ring (bicyclic) bond motifs is 1. The Bertz CT molecular complexity index is 1210. The van der Waals surface area contributed by atoms with Crippen LogP contribution in [0.5, 0.6) is 0 Å². The Morgan fingerprint density at radius 1 is 1.09 bits per heavy atom. The first kappa shape index (κ1) is 22.0. The molecule has 0 unspecified atom stereocenters. The summed E-state index contributed by atoms with van der Waals surface area (Å²) in [6, 6.07) is 13.6. The average molecular weight is 446 g/mol. The molecular formula is C26H27N3O2S. The lowest BCUT2D eigenvalue weighted by Crippen LogP contribution is -2.54. The molecule has 1 N–H and O–H groups in total. The zero-order chi connectivity index (χ0) is 23.2. The summed E-state index contributed by atoms with van der Waals surface area (Å²) < 4.78 is 0. The Labute approximate surface area is 194 Å². The number of anilines is 2. The summed E-state index contributed by atoms with van der Waals surface area (Å²) in [4.78, 5) is 29.8. The molecule has 0 atom stereocenters. The van der Waals surface area contributed by atoms with Gasteiger partial charge in [0, 0.05) is 18.3 Å². The number of thiocarbonyl (C=S) groups is 1. The van der Waals surface area contributed by atoms with Crippen LogP contribution in [-0.2, 0) is 16.0 Å². The number of carbonyl (C=O) groups is 2. The highest BCUT2D eigenvalue weighted by Gasteiger charge is 2.35. The van der Waals surface area contributed by atoms with E-state index in [2.05, 4.69) is 44.1 Å². The summed E-state index contributed by atoms with van der Waals surface area (Å²) in [5.74, 6) is -0.892. The highest BCUT2D eigenvalue weighted by molar-refractivity contribution is 7.80. The minimum absolute atomic E-state index is 0.0654. The molecule has 2 aliphatic heterocycles. The van der Waals surface area contributed by atoms with Gasteiger partial charge in [-0.05, 0) is 80.4 Å². The minimum atomic E-state index is -0.478. The summed E-state index contributed by atoms with van der Waals surface area (Å²) in [6.45, 7) is 8.45. The first-order chi connectivity index (χ1) is 15.1. The molecule has 2 amide bonds. The van der Waals surface area contributed by atoms with Crippen LogP contribution in [0.3, 0.4) is 0 Å². The van der Waals surface area contributed by atoms with Crippen molar-refractivity contribution in [2.24, 2.45) is 0 Å². The Kier molecular flexibility index (Phi) is 5.51. The number of carbonyl (C=O) groups excluding carboxylic acids is 2. The molecule has 1 saturated heterocycles. The molecule has 164 valence electrons. The second-order valence-corrected chi connectivity index (χ2v) is 9.14. The number of hydrogen-bond donors (Lipinski definition) is 1. The largest absolute Gasteiger partial charge is 0.366 e. The maximum atomic E-state index is 13.4. The number of nitrogens with one attached hydrogen (secondary N) is 1. The van der Waals surface area contributed by atoms with Gasteiger partial charge in [-0.15, -0.1) is 0 Å². The van der Waals surface area contributed by atoms with Gasteiger partial charge in [-0.3, -0.25) is 19.8 Å². The Hall–Kier alpha value is -3.25. The highest BCUT2D eigenvalue weighted by Crippen LogP contribution is 2.38. The lowest BCUT2D eigenvalue weighted by molar-refractivity contribution is -0.122. The van der Waals surface area contributed by atoms with Gasteiger partial charge in [0.2, 0.25) is 0 Å². The molecule has 4 rings (SSSR count). The molecule has 5 nitrogen and oxygen atoms in total. The van der Waals surface area contributed by atoms with E-state index < -0.39 is 11.8 Å². The monoisotopic (exact) mass is 445 g/mol. The molecule has 0 aromatic heterocycles. The van der Waals surface area contributed by atoms with Crippen molar-refractivity contribution in [3.63, 3.8) is 0 Å². The number of likely N-dealkylation sites (N-methyl/N-ethyl adjacent to an activating group) is 1. The number of nitrogens with zero attached hydrogens (tertiary/aromatic N) is 2. The molecule has 2 aliphatic rings. The minimum Gasteiger partial charge on any atom is -0.366 e. The second kappa shape index (κ2) is 8.02. The lowest BCUT2D eigenvalue weighted by atomic mass is 9.88. The zero-order valence-corrected chi connectivity index (χ0v) is 19.8. The second-order valence-electron chi connectivity index (χ2n) is 8.76. The summed E-state index contributed by atoms with van der Waals surface area (Å²) in [5, 5.41) is 2.78. The fourth-order valence-electron chi connectivity index (χ4n) is 4.34. The number of benzene rings is 2. The van der Waals surface area contributed by atoms with E-state index in [0.717, 1.165) is 28.8 Å². The van der Waals surface area contributed by atoms with Crippen molar-refractivity contribution in [2.75, 3.05) is 16.8 Å². The fourth-order valence-corrected chi connectivity index (χ4v) is 4.61. The van der Waals surface area contributed by atoms with Crippen LogP contribution in [-0.4, -0.2) is 29.5 Å². The summed E-state index contributed by atoms with van der Waals surface area (Å²) >= 11 is 5.35. The van der Waals surface area contributed by atoms with E-state index in [1.165, 1.54) is 10.5 Å². The third kappa shape index (κ3) is 3.65. The van der Waals surface area contributed by atoms with Crippen LogP contribution < -0.4 is 15.1 Å². The van der Waals surface area contributed by atoms with Crippen LogP contribution in [0.1, 0.15) is 44.4 Å². The number of amides is 2. The van der Waals surface area contributed by atoms with Crippen LogP contribution in [0.15, 0.2) is 54.1 Å². The average Bonchev–Trinajstić information content (AvgIpc) is 2.75. The first-order valence-electron chi connectivity index (χ1n) is 10.7. The van der Waals surface area contributed by atoms with E-state index in [9.17, 15) is 9.59 Å². The third-order valence-electron chi connectivity index (χ3n) is 6.27. The number of rotatable bonds is 3. The molecule has 1 fully saturated rings. The van der Waals surface area contributed by atoms with Gasteiger partial charge in [-0.2, -0.15) is 0 Å². The van der Waals surface area contributed by atoms with Crippen molar-refractivity contribution in [2.45, 2.75) is 39.7 Å². The molecule has 6 heteroatoms. The quantitative estimate of drug-likeness (QED) is 0.422. The third-order valence-corrected chi connectivity index (χ3v) is 6.55. The van der Waals surface area contributed by atoms with Gasteiger partial charge in [0.05, 0.1) is 11.2 Å². The number of hydrogen-bond acceptors (Lipinski definition) is 4. The van der Waals surface area contributed by atoms with E-state index in [-0.39, 0.29) is 16.2 Å². The molecule has 2 heterocycles. The Balaban J connectivity index is 1.76. The van der Waals surface area contributed by atoms with Crippen molar-refractivity contribution in [1.82, 2.24) is 5.32 Å². The van der Waals surface area contributed by atoms with Crippen LogP contribution in [0, 0.1) is 0 Å². The van der Waals surface area contributed by atoms with Gasteiger partial charge < -0.3 is 4.90 Å². The van der Waals surface area contributed by atoms with Crippen molar-refractivity contribution in [3.05, 3.63) is 70.8 Å². The number of allylic oxidation sites excluding steroid dienone is 1. The van der Waals surface area contributed by atoms with Crippen molar-refractivity contribution in [3.8, 4) is 0 Å². The predicted octanol–water partition coefficient (Wildman–Crippen LogP) is 4.71. The number of aryl methyl sites for hydroxylation is 1. The molecule has 32 heavy (non-hydrogen) atoms. The van der Waals surface area contributed by atoms with Gasteiger partial charge in [-0.1, -0.05) is 37.3 Å². The molecule has 0 radical (unpaired) electrons. The Morgan fingerprint density at radius 2 is 1.81 bits per heavy atom. The van der Waals surface area contributed by atoms with E-state index in [4.69, 9.17) is 12.2 Å². The van der Waals surface area contributed by atoms with Gasteiger partial charge in [0.15, 0.2) is 5.11 Å². The molecule has 0 aliphatic carbocycles. The van der Waals surface area contributed by atoms with Gasteiger partial charge >= 0.3 is 0 Å². The smallest absolute Gasteiger partial charge is 0.270 e.